The zero-order valence-electron chi connectivity index (χ0n) is 18.3. The number of aromatic nitrogens is 1. The van der Waals surface area contributed by atoms with Gasteiger partial charge < -0.3 is 15.0 Å². The summed E-state index contributed by atoms with van der Waals surface area (Å²) in [6.07, 6.45) is 1.54. The van der Waals surface area contributed by atoms with Gasteiger partial charge in [-0.1, -0.05) is 43.4 Å². The molecule has 1 amide bonds. The lowest BCUT2D eigenvalue weighted by Crippen LogP contribution is -2.44. The number of nitrogens with zero attached hydrogens (tertiary/aromatic N) is 2. The van der Waals surface area contributed by atoms with Crippen LogP contribution in [0.2, 0.25) is 0 Å². The van der Waals surface area contributed by atoms with Crippen LogP contribution in [0.1, 0.15) is 47.6 Å². The molecule has 0 spiro atoms. The van der Waals surface area contributed by atoms with E-state index in [1.807, 2.05) is 12.1 Å². The van der Waals surface area contributed by atoms with Crippen molar-refractivity contribution in [3.8, 4) is 0 Å². The molecule has 5 rings (SSSR count). The zero-order valence-corrected chi connectivity index (χ0v) is 20.0. The molecule has 168 valence electrons. The molecule has 1 saturated heterocycles. The van der Waals surface area contributed by atoms with E-state index in [0.29, 0.717) is 32.5 Å². The number of carbonyl (C=O) groups excluding carboxylic acids is 2. The minimum Gasteiger partial charge on any atom is -0.374 e. The number of hydrogen-bond acceptors (Lipinski definition) is 7. The number of hydrogen-bond donors (Lipinski definition) is 1. The summed E-state index contributed by atoms with van der Waals surface area (Å²) in [5, 5.41) is 7.23. The second-order valence-electron chi connectivity index (χ2n) is 9.39. The van der Waals surface area contributed by atoms with Gasteiger partial charge >= 0.3 is 0 Å². The van der Waals surface area contributed by atoms with Crippen molar-refractivity contribution in [1.29, 1.82) is 0 Å². The number of morpholine rings is 1. The van der Waals surface area contributed by atoms with E-state index in [1.54, 1.807) is 11.3 Å². The Hall–Kier alpha value is -2.29. The molecule has 1 atom stereocenters. The van der Waals surface area contributed by atoms with Gasteiger partial charge in [0.1, 0.15) is 0 Å². The molecule has 0 saturated carbocycles. The maximum absolute atomic E-state index is 12.6. The predicted octanol–water partition coefficient (Wildman–Crippen LogP) is 4.42. The highest BCUT2D eigenvalue weighted by Gasteiger charge is 2.35. The van der Waals surface area contributed by atoms with Crippen LogP contribution in [0.4, 0.5) is 5.13 Å². The molecule has 1 N–H and O–H groups in total. The molecular formula is C24H27N3O3S2. The van der Waals surface area contributed by atoms with Gasteiger partial charge in [0, 0.05) is 30.8 Å². The number of benzene rings is 1. The summed E-state index contributed by atoms with van der Waals surface area (Å²) >= 11 is 3.19. The van der Waals surface area contributed by atoms with Crippen molar-refractivity contribution in [3.63, 3.8) is 0 Å². The van der Waals surface area contributed by atoms with E-state index in [4.69, 9.17) is 9.72 Å². The van der Waals surface area contributed by atoms with Crippen LogP contribution in [0, 0.1) is 5.41 Å². The van der Waals surface area contributed by atoms with Crippen LogP contribution in [-0.2, 0) is 22.5 Å². The van der Waals surface area contributed by atoms with Gasteiger partial charge in [0.2, 0.25) is 5.91 Å². The Labute approximate surface area is 195 Å². The second kappa shape index (κ2) is 8.57. The molecule has 3 aromatic rings. The van der Waals surface area contributed by atoms with Crippen molar-refractivity contribution in [1.82, 2.24) is 10.3 Å². The largest absolute Gasteiger partial charge is 0.374 e. The monoisotopic (exact) mass is 469 g/mol. The van der Waals surface area contributed by atoms with Crippen molar-refractivity contribution >= 4 is 49.6 Å². The number of carbonyl (C=O) groups is 2. The second-order valence-corrected chi connectivity index (χ2v) is 11.3. The first-order valence-electron chi connectivity index (χ1n) is 11.0. The number of nitrogens with one attached hydrogen (secondary N) is 1. The third-order valence-corrected chi connectivity index (χ3v) is 8.30. The molecule has 1 fully saturated rings. The van der Waals surface area contributed by atoms with Crippen molar-refractivity contribution in [2.24, 2.45) is 5.41 Å². The molecule has 1 aliphatic carbocycles. The Balaban J connectivity index is 1.19. The minimum atomic E-state index is -0.184. The van der Waals surface area contributed by atoms with E-state index in [0.717, 1.165) is 34.2 Å². The summed E-state index contributed by atoms with van der Waals surface area (Å²) in [6, 6.07) is 8.24. The Morgan fingerprint density at radius 3 is 3.03 bits per heavy atom. The summed E-state index contributed by atoms with van der Waals surface area (Å²) in [6.45, 7) is 6.65. The van der Waals surface area contributed by atoms with Crippen LogP contribution >= 0.6 is 22.7 Å². The van der Waals surface area contributed by atoms with E-state index < -0.39 is 0 Å². The highest BCUT2D eigenvalue weighted by Crippen LogP contribution is 2.39. The number of fused-ring (bicyclic) bond motifs is 2. The first-order chi connectivity index (χ1) is 15.4. The number of thiophene rings is 1. The van der Waals surface area contributed by atoms with E-state index >= 15 is 0 Å². The SMILES string of the molecule is CC1(C)CC(=O)c2sc(N3CCOC(CC(=O)NCc4csc5ccccc45)C3)nc2C1. The molecule has 8 heteroatoms. The van der Waals surface area contributed by atoms with Crippen LogP contribution in [0.25, 0.3) is 10.1 Å². The van der Waals surface area contributed by atoms with Crippen molar-refractivity contribution < 1.29 is 14.3 Å². The molecule has 32 heavy (non-hydrogen) atoms. The summed E-state index contributed by atoms with van der Waals surface area (Å²) < 4.78 is 7.11. The average molecular weight is 470 g/mol. The molecule has 1 aliphatic heterocycles. The van der Waals surface area contributed by atoms with Crippen molar-refractivity contribution in [3.05, 3.63) is 45.8 Å². The normalized spacial score (nSPS) is 20.4. The van der Waals surface area contributed by atoms with Gasteiger partial charge in [0.25, 0.3) is 0 Å². The van der Waals surface area contributed by atoms with Gasteiger partial charge in [-0.2, -0.15) is 0 Å². The lowest BCUT2D eigenvalue weighted by molar-refractivity contribution is -0.124. The summed E-state index contributed by atoms with van der Waals surface area (Å²) in [4.78, 5) is 32.9. The molecule has 0 radical (unpaired) electrons. The Morgan fingerprint density at radius 1 is 1.31 bits per heavy atom. The lowest BCUT2D eigenvalue weighted by atomic mass is 9.78. The van der Waals surface area contributed by atoms with Gasteiger partial charge in [-0.05, 0) is 34.2 Å². The van der Waals surface area contributed by atoms with E-state index in [-0.39, 0.29) is 23.2 Å². The summed E-state index contributed by atoms with van der Waals surface area (Å²) in [7, 11) is 0. The third kappa shape index (κ3) is 4.44. The quantitative estimate of drug-likeness (QED) is 0.599. The van der Waals surface area contributed by atoms with E-state index in [2.05, 4.69) is 41.6 Å². The highest BCUT2D eigenvalue weighted by molar-refractivity contribution is 7.17. The smallest absolute Gasteiger partial charge is 0.222 e. The Kier molecular flexibility index (Phi) is 5.77. The fourth-order valence-electron chi connectivity index (χ4n) is 4.50. The molecular weight excluding hydrogens is 442 g/mol. The molecule has 3 heterocycles. The maximum atomic E-state index is 12.6. The van der Waals surface area contributed by atoms with Crippen LogP contribution in [0.15, 0.2) is 29.6 Å². The fourth-order valence-corrected chi connectivity index (χ4v) is 6.52. The van der Waals surface area contributed by atoms with Crippen LogP contribution in [0.5, 0.6) is 0 Å². The van der Waals surface area contributed by atoms with Crippen LogP contribution in [-0.4, -0.2) is 42.5 Å². The number of amides is 1. The van der Waals surface area contributed by atoms with Gasteiger partial charge in [-0.15, -0.1) is 11.3 Å². The molecule has 1 unspecified atom stereocenters. The van der Waals surface area contributed by atoms with Crippen LogP contribution < -0.4 is 10.2 Å². The predicted molar refractivity (Wildman–Crippen MR) is 129 cm³/mol. The minimum absolute atomic E-state index is 0.0116. The topological polar surface area (TPSA) is 71.5 Å². The number of anilines is 1. The number of ether oxygens (including phenoxy) is 1. The first-order valence-corrected chi connectivity index (χ1v) is 12.7. The Bertz CT molecular complexity index is 1170. The van der Waals surface area contributed by atoms with Gasteiger partial charge in [0.05, 0.1) is 29.7 Å². The first kappa shape index (κ1) is 21.6. The maximum Gasteiger partial charge on any atom is 0.222 e. The number of ketones is 1. The van der Waals surface area contributed by atoms with Gasteiger partial charge in [-0.3, -0.25) is 9.59 Å². The average Bonchev–Trinajstić information content (AvgIpc) is 3.36. The fraction of sp³-hybridized carbons (Fsp3) is 0.458. The van der Waals surface area contributed by atoms with Gasteiger partial charge in [-0.25, -0.2) is 4.98 Å². The standard InChI is InChI=1S/C24H27N3O3S2/c1-24(2)10-18-22(19(28)11-24)32-23(26-18)27-7-8-30-16(13-27)9-21(29)25-12-15-14-31-20-6-4-3-5-17(15)20/h3-6,14,16H,7-13H2,1-2H3,(H,25,29). The van der Waals surface area contributed by atoms with Crippen molar-refractivity contribution in [2.45, 2.75) is 45.8 Å². The molecule has 2 aliphatic rings. The lowest BCUT2D eigenvalue weighted by Gasteiger charge is -2.32. The number of thiazole rings is 1. The highest BCUT2D eigenvalue weighted by atomic mass is 32.1. The molecule has 1 aromatic carbocycles. The summed E-state index contributed by atoms with van der Waals surface area (Å²) in [5.41, 5.74) is 2.04. The van der Waals surface area contributed by atoms with Gasteiger partial charge in [0.15, 0.2) is 10.9 Å². The molecule has 6 nitrogen and oxygen atoms in total. The molecule has 0 bridgehead atoms. The number of Topliss-reactive ketones (excluding diaryl/α,β-unsaturated/α-hetero) is 1. The van der Waals surface area contributed by atoms with E-state index in [9.17, 15) is 9.59 Å². The Morgan fingerprint density at radius 2 is 2.16 bits per heavy atom. The van der Waals surface area contributed by atoms with Crippen LogP contribution in [0.3, 0.4) is 0 Å². The zero-order chi connectivity index (χ0) is 22.3. The third-order valence-electron chi connectivity index (χ3n) is 6.08. The van der Waals surface area contributed by atoms with Crippen molar-refractivity contribution in [2.75, 3.05) is 24.6 Å². The summed E-state index contributed by atoms with van der Waals surface area (Å²) in [5.74, 6) is 0.188. The number of rotatable bonds is 5. The molecule has 2 aromatic heterocycles. The van der Waals surface area contributed by atoms with E-state index in [1.165, 1.54) is 21.4 Å².